The van der Waals surface area contributed by atoms with E-state index in [2.05, 4.69) is 5.32 Å². The van der Waals surface area contributed by atoms with Crippen LogP contribution in [0, 0.1) is 5.82 Å². The fourth-order valence-corrected chi connectivity index (χ4v) is 3.21. The lowest BCUT2D eigenvalue weighted by Gasteiger charge is -2.21. The number of halogens is 1. The SMILES string of the molecule is O=C(CN1CCCCCC1=O)NCCc1cc(F)cc2c1OCOC2. The van der Waals surface area contributed by atoms with Crippen LogP contribution in [0.4, 0.5) is 4.39 Å². The van der Waals surface area contributed by atoms with Gasteiger partial charge in [-0.2, -0.15) is 0 Å². The van der Waals surface area contributed by atoms with Gasteiger partial charge < -0.3 is 19.7 Å². The Morgan fingerprint density at radius 3 is 3.04 bits per heavy atom. The lowest BCUT2D eigenvalue weighted by atomic mass is 10.1. The van der Waals surface area contributed by atoms with Crippen LogP contribution in [0.25, 0.3) is 0 Å². The summed E-state index contributed by atoms with van der Waals surface area (Å²) in [4.78, 5) is 25.6. The van der Waals surface area contributed by atoms with Crippen molar-refractivity contribution in [2.45, 2.75) is 38.7 Å². The molecule has 0 unspecified atom stereocenters. The van der Waals surface area contributed by atoms with Gasteiger partial charge in [-0.05, 0) is 37.0 Å². The van der Waals surface area contributed by atoms with Crippen molar-refractivity contribution in [1.82, 2.24) is 10.2 Å². The van der Waals surface area contributed by atoms with Crippen molar-refractivity contribution in [3.8, 4) is 5.75 Å². The van der Waals surface area contributed by atoms with Crippen LogP contribution in [0.5, 0.6) is 5.75 Å². The number of benzene rings is 1. The predicted molar refractivity (Wildman–Crippen MR) is 88.4 cm³/mol. The second-order valence-corrected chi connectivity index (χ2v) is 6.39. The zero-order chi connectivity index (χ0) is 17.6. The van der Waals surface area contributed by atoms with Crippen molar-refractivity contribution in [1.29, 1.82) is 0 Å². The maximum atomic E-state index is 13.7. The molecular weight excluding hydrogens is 327 g/mol. The van der Waals surface area contributed by atoms with Gasteiger partial charge in [-0.3, -0.25) is 9.59 Å². The van der Waals surface area contributed by atoms with Crippen LogP contribution in [-0.4, -0.2) is 43.1 Å². The Morgan fingerprint density at radius 2 is 2.16 bits per heavy atom. The van der Waals surface area contributed by atoms with Crippen LogP contribution < -0.4 is 10.1 Å². The van der Waals surface area contributed by atoms with Crippen LogP contribution >= 0.6 is 0 Å². The molecule has 7 heteroatoms. The molecule has 2 aliphatic rings. The molecule has 2 heterocycles. The Morgan fingerprint density at radius 1 is 1.28 bits per heavy atom. The summed E-state index contributed by atoms with van der Waals surface area (Å²) in [6.45, 7) is 1.56. The average molecular weight is 350 g/mol. The molecule has 1 fully saturated rings. The number of likely N-dealkylation sites (tertiary alicyclic amines) is 1. The van der Waals surface area contributed by atoms with Crippen LogP contribution in [-0.2, 0) is 27.4 Å². The minimum atomic E-state index is -0.343. The summed E-state index contributed by atoms with van der Waals surface area (Å²) in [5, 5.41) is 2.80. The van der Waals surface area contributed by atoms with E-state index in [0.717, 1.165) is 19.3 Å². The zero-order valence-corrected chi connectivity index (χ0v) is 14.2. The van der Waals surface area contributed by atoms with Crippen molar-refractivity contribution in [2.75, 3.05) is 26.4 Å². The van der Waals surface area contributed by atoms with Crippen LogP contribution in [0.1, 0.15) is 36.8 Å². The summed E-state index contributed by atoms with van der Waals surface area (Å²) in [5.41, 5.74) is 1.40. The maximum absolute atomic E-state index is 13.7. The van der Waals surface area contributed by atoms with Crippen LogP contribution in [0.2, 0.25) is 0 Å². The topological polar surface area (TPSA) is 67.9 Å². The lowest BCUT2D eigenvalue weighted by Crippen LogP contribution is -2.41. The van der Waals surface area contributed by atoms with Gasteiger partial charge in [0.2, 0.25) is 11.8 Å². The van der Waals surface area contributed by atoms with E-state index in [1.807, 2.05) is 0 Å². The summed E-state index contributed by atoms with van der Waals surface area (Å²) in [6, 6.07) is 2.83. The number of nitrogens with zero attached hydrogens (tertiary/aromatic N) is 1. The molecule has 0 bridgehead atoms. The number of rotatable bonds is 5. The van der Waals surface area contributed by atoms with E-state index in [-0.39, 0.29) is 31.0 Å². The molecule has 0 radical (unpaired) electrons. The molecule has 1 aromatic rings. The highest BCUT2D eigenvalue weighted by atomic mass is 19.1. The van der Waals surface area contributed by atoms with Gasteiger partial charge >= 0.3 is 0 Å². The third kappa shape index (κ3) is 4.69. The normalized spacial score (nSPS) is 17.5. The molecule has 0 atom stereocenters. The molecule has 2 amide bonds. The second kappa shape index (κ2) is 8.29. The van der Waals surface area contributed by atoms with Crippen molar-refractivity contribution in [3.05, 3.63) is 29.1 Å². The van der Waals surface area contributed by atoms with Gasteiger partial charge in [0.05, 0.1) is 13.2 Å². The number of carbonyl (C=O) groups excluding carboxylic acids is 2. The molecular formula is C18H23FN2O4. The number of amides is 2. The Labute approximate surface area is 146 Å². The predicted octanol–water partition coefficient (Wildman–Crippen LogP) is 1.75. The standard InChI is InChI=1S/C18H23FN2O4/c19-15-8-13(18-14(9-15)11-24-12-25-18)5-6-20-16(22)10-21-7-3-1-2-4-17(21)23/h8-9H,1-7,10-12H2,(H,20,22). The van der Waals surface area contributed by atoms with E-state index in [9.17, 15) is 14.0 Å². The van der Waals surface area contributed by atoms with Gasteiger partial charge in [0.15, 0.2) is 6.79 Å². The summed E-state index contributed by atoms with van der Waals surface area (Å²) >= 11 is 0. The molecule has 1 N–H and O–H groups in total. The van der Waals surface area contributed by atoms with Gasteiger partial charge in [0, 0.05) is 25.1 Å². The monoisotopic (exact) mass is 350 g/mol. The summed E-state index contributed by atoms with van der Waals surface area (Å²) in [7, 11) is 0. The quantitative estimate of drug-likeness (QED) is 0.879. The molecule has 25 heavy (non-hydrogen) atoms. The van der Waals surface area contributed by atoms with E-state index in [1.165, 1.54) is 12.1 Å². The van der Waals surface area contributed by atoms with Crippen molar-refractivity contribution >= 4 is 11.8 Å². The van der Waals surface area contributed by atoms with Crippen molar-refractivity contribution in [2.24, 2.45) is 0 Å². The number of fused-ring (bicyclic) bond motifs is 1. The van der Waals surface area contributed by atoms with Crippen LogP contribution in [0.15, 0.2) is 12.1 Å². The molecule has 6 nitrogen and oxygen atoms in total. The second-order valence-electron chi connectivity index (χ2n) is 6.39. The molecule has 0 aromatic heterocycles. The molecule has 0 aliphatic carbocycles. The fourth-order valence-electron chi connectivity index (χ4n) is 3.21. The molecule has 1 saturated heterocycles. The zero-order valence-electron chi connectivity index (χ0n) is 14.2. The molecule has 136 valence electrons. The number of hydrogen-bond donors (Lipinski definition) is 1. The minimum Gasteiger partial charge on any atom is -0.467 e. The number of carbonyl (C=O) groups is 2. The highest BCUT2D eigenvalue weighted by Crippen LogP contribution is 2.29. The summed E-state index contributed by atoms with van der Waals surface area (Å²) in [6.07, 6.45) is 3.83. The first-order valence-corrected chi connectivity index (χ1v) is 8.70. The highest BCUT2D eigenvalue weighted by Gasteiger charge is 2.20. The molecule has 3 rings (SSSR count). The Balaban J connectivity index is 1.52. The third-order valence-corrected chi connectivity index (χ3v) is 4.47. The van der Waals surface area contributed by atoms with Crippen molar-refractivity contribution < 1.29 is 23.5 Å². The van der Waals surface area contributed by atoms with Gasteiger partial charge in [-0.25, -0.2) is 4.39 Å². The van der Waals surface area contributed by atoms with Gasteiger partial charge in [0.25, 0.3) is 0 Å². The first kappa shape index (κ1) is 17.7. The van der Waals surface area contributed by atoms with E-state index in [0.29, 0.717) is 49.4 Å². The minimum absolute atomic E-state index is 0.0419. The van der Waals surface area contributed by atoms with Crippen molar-refractivity contribution in [3.63, 3.8) is 0 Å². The van der Waals surface area contributed by atoms with Gasteiger partial charge in [-0.15, -0.1) is 0 Å². The fraction of sp³-hybridized carbons (Fsp3) is 0.556. The van der Waals surface area contributed by atoms with Gasteiger partial charge in [0.1, 0.15) is 11.6 Å². The van der Waals surface area contributed by atoms with E-state index < -0.39 is 0 Å². The molecule has 1 aromatic carbocycles. The van der Waals surface area contributed by atoms with Crippen LogP contribution in [0.3, 0.4) is 0 Å². The smallest absolute Gasteiger partial charge is 0.239 e. The molecule has 0 saturated carbocycles. The maximum Gasteiger partial charge on any atom is 0.239 e. The Bertz CT molecular complexity index is 650. The highest BCUT2D eigenvalue weighted by molar-refractivity contribution is 5.84. The van der Waals surface area contributed by atoms with E-state index in [4.69, 9.17) is 9.47 Å². The van der Waals surface area contributed by atoms with Gasteiger partial charge in [-0.1, -0.05) is 6.42 Å². The Hall–Kier alpha value is -2.15. The van der Waals surface area contributed by atoms with E-state index in [1.54, 1.807) is 4.90 Å². The number of hydrogen-bond acceptors (Lipinski definition) is 4. The first-order valence-electron chi connectivity index (χ1n) is 8.70. The Kier molecular flexibility index (Phi) is 5.86. The van der Waals surface area contributed by atoms with E-state index >= 15 is 0 Å². The third-order valence-electron chi connectivity index (χ3n) is 4.47. The number of ether oxygens (including phenoxy) is 2. The summed E-state index contributed by atoms with van der Waals surface area (Å²) in [5.74, 6) is 0.152. The first-order chi connectivity index (χ1) is 12.1. The average Bonchev–Trinajstić information content (AvgIpc) is 2.79. The largest absolute Gasteiger partial charge is 0.467 e. The molecule has 0 spiro atoms. The lowest BCUT2D eigenvalue weighted by molar-refractivity contribution is -0.135. The summed E-state index contributed by atoms with van der Waals surface area (Å²) < 4.78 is 24.3. The molecule has 2 aliphatic heterocycles. The number of nitrogens with one attached hydrogen (secondary N) is 1.